The fourth-order valence-electron chi connectivity index (χ4n) is 3.34. The highest BCUT2D eigenvalue weighted by Crippen LogP contribution is 2.48. The Bertz CT molecular complexity index is 657. The lowest BCUT2D eigenvalue weighted by molar-refractivity contribution is -0.501. The van der Waals surface area contributed by atoms with Gasteiger partial charge >= 0.3 is 5.97 Å². The molecule has 0 aromatic heterocycles. The molecule has 1 unspecified atom stereocenters. The van der Waals surface area contributed by atoms with E-state index in [0.29, 0.717) is 19.1 Å². The minimum atomic E-state index is -1.37. The molecule has 1 atom stereocenters. The lowest BCUT2D eigenvalue weighted by Gasteiger charge is -2.55. The van der Waals surface area contributed by atoms with Crippen molar-refractivity contribution in [2.45, 2.75) is 64.3 Å². The molecule has 0 radical (unpaired) electrons. The molecule has 3 saturated heterocycles. The van der Waals surface area contributed by atoms with Gasteiger partial charge in [0.1, 0.15) is 8.07 Å². The van der Waals surface area contributed by atoms with Gasteiger partial charge in [-0.3, -0.25) is 0 Å². The maximum atomic E-state index is 6.43. The van der Waals surface area contributed by atoms with Crippen LogP contribution in [0.15, 0.2) is 24.3 Å². The SMILES string of the molecule is CCCCC1(C)OC2(c3ccc(C#C[Si](C)(C)C)cc3)OCC1CO2. The molecule has 0 amide bonds. The summed E-state index contributed by atoms with van der Waals surface area (Å²) in [5.74, 6) is 2.54. The topological polar surface area (TPSA) is 27.7 Å². The highest BCUT2D eigenvalue weighted by molar-refractivity contribution is 6.83. The maximum Gasteiger partial charge on any atom is 0.312 e. The van der Waals surface area contributed by atoms with Crippen molar-refractivity contribution in [1.82, 2.24) is 0 Å². The molecule has 3 aliphatic heterocycles. The molecule has 3 heterocycles. The molecule has 0 N–H and O–H groups in total. The van der Waals surface area contributed by atoms with Crippen molar-refractivity contribution in [3.05, 3.63) is 35.4 Å². The smallest absolute Gasteiger partial charge is 0.312 e. The van der Waals surface area contributed by atoms with Crippen LogP contribution in [0.4, 0.5) is 0 Å². The molecule has 0 spiro atoms. The standard InChI is InChI=1S/C21H30O3Si/c1-6-7-13-20(2)19-15-22-21(24-20,23-16-19)18-10-8-17(9-11-18)12-14-25(3,4)5/h8-11,19H,6-7,13,15-16H2,1-5H3. The summed E-state index contributed by atoms with van der Waals surface area (Å²) in [6.07, 6.45) is 3.38. The Morgan fingerprint density at radius 3 is 2.32 bits per heavy atom. The van der Waals surface area contributed by atoms with Gasteiger partial charge in [-0.15, -0.1) is 5.54 Å². The van der Waals surface area contributed by atoms with E-state index in [-0.39, 0.29) is 5.60 Å². The van der Waals surface area contributed by atoms with E-state index in [1.807, 2.05) is 24.3 Å². The Morgan fingerprint density at radius 1 is 1.12 bits per heavy atom. The van der Waals surface area contributed by atoms with Gasteiger partial charge in [-0.25, -0.2) is 0 Å². The van der Waals surface area contributed by atoms with Gasteiger partial charge in [0.15, 0.2) is 0 Å². The largest absolute Gasteiger partial charge is 0.323 e. The van der Waals surface area contributed by atoms with Crippen molar-refractivity contribution in [2.24, 2.45) is 5.92 Å². The number of hydrogen-bond acceptors (Lipinski definition) is 3. The van der Waals surface area contributed by atoms with Crippen molar-refractivity contribution in [3.8, 4) is 11.5 Å². The fraction of sp³-hybridized carbons (Fsp3) is 0.619. The van der Waals surface area contributed by atoms with E-state index in [1.54, 1.807) is 0 Å². The van der Waals surface area contributed by atoms with E-state index in [1.165, 1.54) is 6.42 Å². The first-order valence-corrected chi connectivity index (χ1v) is 12.9. The van der Waals surface area contributed by atoms with Crippen LogP contribution < -0.4 is 0 Å². The van der Waals surface area contributed by atoms with Crippen LogP contribution in [-0.2, 0) is 20.2 Å². The number of fused-ring (bicyclic) bond motifs is 3. The molecule has 3 fully saturated rings. The first kappa shape index (κ1) is 18.7. The van der Waals surface area contributed by atoms with Crippen molar-refractivity contribution in [1.29, 1.82) is 0 Å². The molecule has 136 valence electrons. The third kappa shape index (κ3) is 4.01. The summed E-state index contributed by atoms with van der Waals surface area (Å²) in [5, 5.41) is 0. The van der Waals surface area contributed by atoms with Crippen molar-refractivity contribution >= 4 is 8.07 Å². The van der Waals surface area contributed by atoms with Crippen LogP contribution in [0.1, 0.15) is 44.2 Å². The molecule has 1 aromatic rings. The molecule has 4 rings (SSSR count). The second-order valence-electron chi connectivity index (χ2n) is 8.47. The van der Waals surface area contributed by atoms with E-state index in [2.05, 4.69) is 45.0 Å². The molecule has 4 heteroatoms. The zero-order valence-electron chi connectivity index (χ0n) is 16.1. The Balaban J connectivity index is 1.81. The second-order valence-corrected chi connectivity index (χ2v) is 13.2. The third-order valence-corrected chi connectivity index (χ3v) is 5.90. The van der Waals surface area contributed by atoms with E-state index in [4.69, 9.17) is 14.2 Å². The summed E-state index contributed by atoms with van der Waals surface area (Å²) >= 11 is 0. The average molecular weight is 359 g/mol. The van der Waals surface area contributed by atoms with Gasteiger partial charge in [0.05, 0.1) is 18.8 Å². The quantitative estimate of drug-likeness (QED) is 0.578. The average Bonchev–Trinajstić information content (AvgIpc) is 2.59. The van der Waals surface area contributed by atoms with Crippen LogP contribution in [0.5, 0.6) is 0 Å². The minimum Gasteiger partial charge on any atom is -0.323 e. The predicted octanol–water partition coefficient (Wildman–Crippen LogP) is 4.67. The predicted molar refractivity (Wildman–Crippen MR) is 103 cm³/mol. The molecular weight excluding hydrogens is 328 g/mol. The summed E-state index contributed by atoms with van der Waals surface area (Å²) in [6, 6.07) is 8.13. The molecule has 0 aliphatic carbocycles. The second kappa shape index (κ2) is 6.89. The maximum absolute atomic E-state index is 6.43. The first-order chi connectivity index (χ1) is 11.8. The van der Waals surface area contributed by atoms with Gasteiger partial charge in [0.2, 0.25) is 0 Å². The number of ether oxygens (including phenoxy) is 3. The molecular formula is C21H30O3Si. The lowest BCUT2D eigenvalue weighted by atomic mass is 9.83. The van der Waals surface area contributed by atoms with Crippen LogP contribution >= 0.6 is 0 Å². The van der Waals surface area contributed by atoms with Crippen LogP contribution in [0, 0.1) is 17.4 Å². The fourth-order valence-corrected chi connectivity index (χ4v) is 3.86. The number of unbranched alkanes of at least 4 members (excludes halogenated alkanes) is 1. The van der Waals surface area contributed by atoms with Crippen LogP contribution in [0.25, 0.3) is 0 Å². The van der Waals surface area contributed by atoms with Crippen LogP contribution in [-0.4, -0.2) is 26.9 Å². The summed E-state index contributed by atoms with van der Waals surface area (Å²) in [6.45, 7) is 12.6. The summed E-state index contributed by atoms with van der Waals surface area (Å²) in [5.41, 5.74) is 5.17. The first-order valence-electron chi connectivity index (χ1n) is 9.38. The van der Waals surface area contributed by atoms with Gasteiger partial charge in [0, 0.05) is 17.0 Å². The Labute approximate surface area is 153 Å². The molecule has 2 bridgehead atoms. The highest BCUT2D eigenvalue weighted by atomic mass is 28.3. The van der Waals surface area contributed by atoms with Gasteiger partial charge in [-0.1, -0.05) is 45.3 Å². The summed E-state index contributed by atoms with van der Waals surface area (Å²) in [7, 11) is -1.37. The number of rotatable bonds is 4. The summed E-state index contributed by atoms with van der Waals surface area (Å²) in [4.78, 5) is 0. The van der Waals surface area contributed by atoms with E-state index in [0.717, 1.165) is 24.0 Å². The van der Waals surface area contributed by atoms with Gasteiger partial charge in [0.25, 0.3) is 0 Å². The number of hydrogen-bond donors (Lipinski definition) is 0. The summed E-state index contributed by atoms with van der Waals surface area (Å²) < 4.78 is 18.4. The number of benzene rings is 1. The zero-order valence-corrected chi connectivity index (χ0v) is 17.1. The van der Waals surface area contributed by atoms with Crippen molar-refractivity contribution in [3.63, 3.8) is 0 Å². The van der Waals surface area contributed by atoms with Crippen LogP contribution in [0.2, 0.25) is 19.6 Å². The van der Waals surface area contributed by atoms with Gasteiger partial charge in [-0.05, 0) is 37.6 Å². The zero-order chi connectivity index (χ0) is 18.1. The molecule has 1 aromatic carbocycles. The Morgan fingerprint density at radius 2 is 1.76 bits per heavy atom. The van der Waals surface area contributed by atoms with Gasteiger partial charge in [-0.2, -0.15) is 0 Å². The Hall–Kier alpha value is -1.12. The van der Waals surface area contributed by atoms with E-state index in [9.17, 15) is 0 Å². The van der Waals surface area contributed by atoms with E-state index < -0.39 is 14.0 Å². The van der Waals surface area contributed by atoms with E-state index >= 15 is 0 Å². The van der Waals surface area contributed by atoms with Gasteiger partial charge < -0.3 is 14.2 Å². The lowest BCUT2D eigenvalue weighted by Crippen LogP contribution is -2.62. The molecule has 3 nitrogen and oxygen atoms in total. The highest BCUT2D eigenvalue weighted by Gasteiger charge is 2.56. The van der Waals surface area contributed by atoms with Crippen LogP contribution in [0.3, 0.4) is 0 Å². The normalized spacial score (nSPS) is 31.5. The molecule has 25 heavy (non-hydrogen) atoms. The molecule has 0 saturated carbocycles. The monoisotopic (exact) mass is 358 g/mol. The molecule has 3 aliphatic rings. The Kier molecular flexibility index (Phi) is 5.14. The van der Waals surface area contributed by atoms with Crippen molar-refractivity contribution in [2.75, 3.05) is 13.2 Å². The third-order valence-electron chi connectivity index (χ3n) is 5.03. The van der Waals surface area contributed by atoms with Crippen molar-refractivity contribution < 1.29 is 14.2 Å². The minimum absolute atomic E-state index is 0.178.